The van der Waals surface area contributed by atoms with Crippen molar-refractivity contribution in [3.63, 3.8) is 0 Å². The molecule has 1 rings (SSSR count). The fourth-order valence-electron chi connectivity index (χ4n) is 2.18. The van der Waals surface area contributed by atoms with E-state index in [1.165, 1.54) is 18.2 Å². The molecular formula is C18H30IN3O2. The summed E-state index contributed by atoms with van der Waals surface area (Å²) in [6, 6.07) is 8.54. The summed E-state index contributed by atoms with van der Waals surface area (Å²) in [5, 5.41) is 3.31. The first-order valence-electron chi connectivity index (χ1n) is 8.18. The molecule has 0 saturated carbocycles. The molecule has 0 aromatic heterocycles. The molecule has 0 fully saturated rings. The molecule has 1 aromatic carbocycles. The standard InChI is InChI=1S/C18H29N3O2.HI/c1-5-19-18(20-13-7-6-8-17(22)23-4)21(3)14-16-11-9-15(2)10-12-16;/h9-12H,5-8,13-14H2,1-4H3,(H,19,20);1H. The van der Waals surface area contributed by atoms with Gasteiger partial charge in [-0.25, -0.2) is 0 Å². The highest BCUT2D eigenvalue weighted by molar-refractivity contribution is 14.0. The fraction of sp³-hybridized carbons (Fsp3) is 0.556. The highest BCUT2D eigenvalue weighted by Gasteiger charge is 2.06. The molecule has 0 radical (unpaired) electrons. The van der Waals surface area contributed by atoms with Crippen molar-refractivity contribution in [1.29, 1.82) is 0 Å². The Morgan fingerprint density at radius 1 is 1.25 bits per heavy atom. The Hall–Kier alpha value is -1.31. The summed E-state index contributed by atoms with van der Waals surface area (Å²) in [6.45, 7) is 6.50. The van der Waals surface area contributed by atoms with Gasteiger partial charge in [0.2, 0.25) is 0 Å². The molecule has 0 bridgehead atoms. The normalized spacial score (nSPS) is 10.8. The number of aliphatic imine (C=N–C) groups is 1. The number of nitrogens with zero attached hydrogens (tertiary/aromatic N) is 2. The molecule has 0 saturated heterocycles. The van der Waals surface area contributed by atoms with Crippen LogP contribution in [-0.2, 0) is 16.1 Å². The van der Waals surface area contributed by atoms with Gasteiger partial charge in [0, 0.05) is 33.1 Å². The van der Waals surface area contributed by atoms with E-state index < -0.39 is 0 Å². The molecule has 1 N–H and O–H groups in total. The number of aryl methyl sites for hydroxylation is 1. The summed E-state index contributed by atoms with van der Waals surface area (Å²) < 4.78 is 4.63. The van der Waals surface area contributed by atoms with Gasteiger partial charge in [-0.2, -0.15) is 0 Å². The second kappa shape index (κ2) is 13.0. The minimum atomic E-state index is -0.155. The van der Waals surface area contributed by atoms with Crippen LogP contribution in [0.2, 0.25) is 0 Å². The van der Waals surface area contributed by atoms with Gasteiger partial charge in [-0.05, 0) is 32.3 Å². The summed E-state index contributed by atoms with van der Waals surface area (Å²) in [4.78, 5) is 17.8. The van der Waals surface area contributed by atoms with Crippen LogP contribution in [0, 0.1) is 6.92 Å². The van der Waals surface area contributed by atoms with Crippen LogP contribution in [0.25, 0.3) is 0 Å². The molecule has 5 nitrogen and oxygen atoms in total. The smallest absolute Gasteiger partial charge is 0.305 e. The van der Waals surface area contributed by atoms with Crippen molar-refractivity contribution in [3.05, 3.63) is 35.4 Å². The van der Waals surface area contributed by atoms with E-state index in [9.17, 15) is 4.79 Å². The van der Waals surface area contributed by atoms with E-state index in [4.69, 9.17) is 0 Å². The van der Waals surface area contributed by atoms with Crippen LogP contribution in [0.4, 0.5) is 0 Å². The van der Waals surface area contributed by atoms with Gasteiger partial charge in [0.05, 0.1) is 7.11 Å². The topological polar surface area (TPSA) is 53.9 Å². The molecule has 24 heavy (non-hydrogen) atoms. The average molecular weight is 447 g/mol. The third-order valence-corrected chi connectivity index (χ3v) is 3.52. The van der Waals surface area contributed by atoms with Crippen LogP contribution in [0.5, 0.6) is 0 Å². The summed E-state index contributed by atoms with van der Waals surface area (Å²) in [6.07, 6.45) is 2.14. The monoisotopic (exact) mass is 447 g/mol. The van der Waals surface area contributed by atoms with Crippen LogP contribution in [-0.4, -0.2) is 44.1 Å². The number of halogens is 1. The maximum absolute atomic E-state index is 11.1. The zero-order valence-electron chi connectivity index (χ0n) is 15.2. The zero-order chi connectivity index (χ0) is 17.1. The Labute approximate surface area is 162 Å². The van der Waals surface area contributed by atoms with E-state index in [2.05, 4.69) is 58.1 Å². The molecule has 0 amide bonds. The zero-order valence-corrected chi connectivity index (χ0v) is 17.5. The number of esters is 1. The first-order valence-corrected chi connectivity index (χ1v) is 8.18. The van der Waals surface area contributed by atoms with Gasteiger partial charge in [-0.15, -0.1) is 24.0 Å². The van der Waals surface area contributed by atoms with Crippen molar-refractivity contribution in [2.75, 3.05) is 27.2 Å². The number of carbonyl (C=O) groups is 1. The van der Waals surface area contributed by atoms with Gasteiger partial charge >= 0.3 is 5.97 Å². The minimum Gasteiger partial charge on any atom is -0.469 e. The number of carbonyl (C=O) groups excluding carboxylic acids is 1. The first kappa shape index (κ1) is 22.7. The largest absolute Gasteiger partial charge is 0.469 e. The van der Waals surface area contributed by atoms with Crippen LogP contribution >= 0.6 is 24.0 Å². The third kappa shape index (κ3) is 9.10. The van der Waals surface area contributed by atoms with Gasteiger partial charge in [0.1, 0.15) is 0 Å². The summed E-state index contributed by atoms with van der Waals surface area (Å²) in [5.41, 5.74) is 2.52. The average Bonchev–Trinajstić information content (AvgIpc) is 2.55. The number of rotatable bonds is 8. The molecule has 1 aromatic rings. The number of benzene rings is 1. The number of methoxy groups -OCH3 is 1. The fourth-order valence-corrected chi connectivity index (χ4v) is 2.18. The number of hydrogen-bond acceptors (Lipinski definition) is 3. The highest BCUT2D eigenvalue weighted by atomic mass is 127. The summed E-state index contributed by atoms with van der Waals surface area (Å²) in [5.74, 6) is 0.739. The van der Waals surface area contributed by atoms with Crippen molar-refractivity contribution in [2.24, 2.45) is 4.99 Å². The molecule has 6 heteroatoms. The van der Waals surface area contributed by atoms with Crippen molar-refractivity contribution < 1.29 is 9.53 Å². The van der Waals surface area contributed by atoms with E-state index in [0.717, 1.165) is 31.9 Å². The van der Waals surface area contributed by atoms with Gasteiger partial charge in [-0.3, -0.25) is 9.79 Å². The molecule has 0 heterocycles. The second-order valence-corrected chi connectivity index (χ2v) is 5.61. The van der Waals surface area contributed by atoms with E-state index in [0.29, 0.717) is 13.0 Å². The third-order valence-electron chi connectivity index (χ3n) is 3.52. The molecule has 0 atom stereocenters. The number of hydrogen-bond donors (Lipinski definition) is 1. The Bertz CT molecular complexity index is 503. The molecule has 0 spiro atoms. The Morgan fingerprint density at radius 3 is 2.50 bits per heavy atom. The molecule has 136 valence electrons. The Kier molecular flexibility index (Phi) is 12.3. The predicted octanol–water partition coefficient (Wildman–Crippen LogP) is 3.35. The molecule has 0 aliphatic carbocycles. The van der Waals surface area contributed by atoms with E-state index in [-0.39, 0.29) is 29.9 Å². The van der Waals surface area contributed by atoms with Gasteiger partial charge in [0.25, 0.3) is 0 Å². The van der Waals surface area contributed by atoms with Crippen LogP contribution in [0.3, 0.4) is 0 Å². The van der Waals surface area contributed by atoms with Crippen LogP contribution in [0.1, 0.15) is 37.3 Å². The number of unbranched alkanes of at least 4 members (excludes halogenated alkanes) is 1. The van der Waals surface area contributed by atoms with E-state index in [1.807, 2.05) is 7.05 Å². The lowest BCUT2D eigenvalue weighted by Gasteiger charge is -2.22. The molecular weight excluding hydrogens is 417 g/mol. The SMILES string of the molecule is CCNC(=NCCCCC(=O)OC)N(C)Cc1ccc(C)cc1.I. The van der Waals surface area contributed by atoms with Gasteiger partial charge in [0.15, 0.2) is 5.96 Å². The first-order chi connectivity index (χ1) is 11.1. The lowest BCUT2D eigenvalue weighted by molar-refractivity contribution is -0.140. The Balaban J connectivity index is 0.00000529. The summed E-state index contributed by atoms with van der Waals surface area (Å²) >= 11 is 0. The van der Waals surface area contributed by atoms with E-state index in [1.54, 1.807) is 0 Å². The van der Waals surface area contributed by atoms with Crippen LogP contribution in [0.15, 0.2) is 29.3 Å². The lowest BCUT2D eigenvalue weighted by Crippen LogP contribution is -2.38. The predicted molar refractivity (Wildman–Crippen MR) is 110 cm³/mol. The molecule has 0 unspecified atom stereocenters. The maximum atomic E-state index is 11.1. The minimum absolute atomic E-state index is 0. The van der Waals surface area contributed by atoms with Crippen molar-refractivity contribution in [1.82, 2.24) is 10.2 Å². The van der Waals surface area contributed by atoms with Gasteiger partial charge < -0.3 is 15.0 Å². The van der Waals surface area contributed by atoms with Gasteiger partial charge in [-0.1, -0.05) is 29.8 Å². The van der Waals surface area contributed by atoms with Crippen molar-refractivity contribution in [3.8, 4) is 0 Å². The number of nitrogens with one attached hydrogen (secondary N) is 1. The Morgan fingerprint density at radius 2 is 1.92 bits per heavy atom. The quantitative estimate of drug-likeness (QED) is 0.218. The van der Waals surface area contributed by atoms with Crippen LogP contribution < -0.4 is 5.32 Å². The number of ether oxygens (including phenoxy) is 1. The van der Waals surface area contributed by atoms with Crippen molar-refractivity contribution in [2.45, 2.75) is 39.7 Å². The molecule has 0 aliphatic rings. The van der Waals surface area contributed by atoms with E-state index >= 15 is 0 Å². The highest BCUT2D eigenvalue weighted by Crippen LogP contribution is 2.06. The molecule has 0 aliphatic heterocycles. The summed E-state index contributed by atoms with van der Waals surface area (Å²) in [7, 11) is 3.46. The maximum Gasteiger partial charge on any atom is 0.305 e. The second-order valence-electron chi connectivity index (χ2n) is 5.61. The lowest BCUT2D eigenvalue weighted by atomic mass is 10.1. The number of guanidine groups is 1. The van der Waals surface area contributed by atoms with Crippen molar-refractivity contribution >= 4 is 35.9 Å².